The molecule has 4 aromatic rings. The third-order valence-electron chi connectivity index (χ3n) is 7.51. The zero-order valence-electron chi connectivity index (χ0n) is 25.7. The number of thioether (sulfide) groups is 1. The summed E-state index contributed by atoms with van der Waals surface area (Å²) >= 11 is 9.04. The molecule has 0 bridgehead atoms. The van der Waals surface area contributed by atoms with Gasteiger partial charge in [0.15, 0.2) is 0 Å². The summed E-state index contributed by atoms with van der Waals surface area (Å²) in [6.07, 6.45) is 3.16. The van der Waals surface area contributed by atoms with Crippen molar-refractivity contribution in [2.24, 2.45) is 11.5 Å². The molecule has 47 heavy (non-hydrogen) atoms. The number of carbonyl (C=O) groups excluding carboxylic acids is 1. The van der Waals surface area contributed by atoms with E-state index in [0.717, 1.165) is 42.2 Å². The molecular formula is C34H34ClN7O3S2. The Hall–Kier alpha value is -4.17. The van der Waals surface area contributed by atoms with Gasteiger partial charge in [0.2, 0.25) is 5.69 Å². The minimum Gasteiger partial charge on any atom is -0.490 e. The van der Waals surface area contributed by atoms with Crippen LogP contribution in [0.2, 0.25) is 5.02 Å². The van der Waals surface area contributed by atoms with Gasteiger partial charge in [-0.1, -0.05) is 47.6 Å². The highest BCUT2D eigenvalue weighted by Gasteiger charge is 2.26. The number of thiazole rings is 1. The van der Waals surface area contributed by atoms with Gasteiger partial charge in [-0.2, -0.15) is 5.26 Å². The Morgan fingerprint density at radius 2 is 1.85 bits per heavy atom. The van der Waals surface area contributed by atoms with Gasteiger partial charge >= 0.3 is 5.97 Å². The second-order valence-corrected chi connectivity index (χ2v) is 13.0. The smallest absolute Gasteiger partial charge is 0.323 e. The number of anilines is 1. The predicted molar refractivity (Wildman–Crippen MR) is 187 cm³/mol. The molecule has 0 saturated carbocycles. The molecule has 10 nitrogen and oxygen atoms in total. The van der Waals surface area contributed by atoms with E-state index >= 15 is 0 Å². The highest BCUT2D eigenvalue weighted by molar-refractivity contribution is 7.98. The molecule has 0 spiro atoms. The number of aromatic nitrogens is 2. The van der Waals surface area contributed by atoms with Gasteiger partial charge < -0.3 is 25.8 Å². The van der Waals surface area contributed by atoms with Crippen LogP contribution in [0.1, 0.15) is 36.9 Å². The van der Waals surface area contributed by atoms with Crippen LogP contribution in [0, 0.1) is 17.9 Å². The minimum absolute atomic E-state index is 0.0572. The van der Waals surface area contributed by atoms with Crippen LogP contribution in [0.4, 0.5) is 11.5 Å². The van der Waals surface area contributed by atoms with Crippen molar-refractivity contribution in [3.05, 3.63) is 81.6 Å². The number of nitrogens with two attached hydrogens (primary N) is 2. The van der Waals surface area contributed by atoms with Crippen molar-refractivity contribution in [3.8, 4) is 33.5 Å². The Kier molecular flexibility index (Phi) is 12.1. The molecule has 242 valence electrons. The van der Waals surface area contributed by atoms with E-state index in [2.05, 4.69) is 15.8 Å². The lowest BCUT2D eigenvalue weighted by molar-refractivity contribution is -0.146. The summed E-state index contributed by atoms with van der Waals surface area (Å²) < 4.78 is 11.0. The fourth-order valence-electron chi connectivity index (χ4n) is 5.11. The lowest BCUT2D eigenvalue weighted by atomic mass is 9.99. The van der Waals surface area contributed by atoms with E-state index < -0.39 is 12.0 Å². The average molecular weight is 688 g/mol. The van der Waals surface area contributed by atoms with Gasteiger partial charge in [-0.05, 0) is 62.1 Å². The Bertz CT molecular complexity index is 1760. The minimum atomic E-state index is -0.703. The molecule has 1 saturated heterocycles. The third-order valence-corrected chi connectivity index (χ3v) is 9.71. The van der Waals surface area contributed by atoms with Crippen molar-refractivity contribution in [1.29, 1.82) is 5.26 Å². The van der Waals surface area contributed by atoms with Gasteiger partial charge in [0.25, 0.3) is 0 Å². The molecule has 2 aromatic carbocycles. The summed E-state index contributed by atoms with van der Waals surface area (Å²) in [5, 5.41) is 14.5. The van der Waals surface area contributed by atoms with E-state index in [9.17, 15) is 10.1 Å². The molecule has 0 unspecified atom stereocenters. The van der Waals surface area contributed by atoms with E-state index in [1.165, 1.54) is 11.8 Å². The first kappa shape index (κ1) is 34.2. The van der Waals surface area contributed by atoms with Crippen molar-refractivity contribution in [1.82, 2.24) is 9.97 Å². The summed E-state index contributed by atoms with van der Waals surface area (Å²) in [5.74, 6) is 1.19. The largest absolute Gasteiger partial charge is 0.490 e. The van der Waals surface area contributed by atoms with Gasteiger partial charge in [-0.25, -0.2) is 14.8 Å². The van der Waals surface area contributed by atoms with Gasteiger partial charge in [-0.3, -0.25) is 4.79 Å². The first-order chi connectivity index (χ1) is 22.9. The van der Waals surface area contributed by atoms with Crippen LogP contribution < -0.4 is 21.1 Å². The summed E-state index contributed by atoms with van der Waals surface area (Å²) in [6.45, 7) is 10.4. The molecule has 5 rings (SSSR count). The monoisotopic (exact) mass is 687 g/mol. The third kappa shape index (κ3) is 8.60. The second-order valence-electron chi connectivity index (χ2n) is 10.8. The Morgan fingerprint density at radius 3 is 2.53 bits per heavy atom. The number of ether oxygens (including phenoxy) is 2. The predicted octanol–water partition coefficient (Wildman–Crippen LogP) is 6.83. The van der Waals surface area contributed by atoms with Gasteiger partial charge in [0.1, 0.15) is 46.9 Å². The second kappa shape index (κ2) is 16.6. The molecule has 1 fully saturated rings. The lowest BCUT2D eigenvalue weighted by Crippen LogP contribution is -2.33. The fourth-order valence-corrected chi connectivity index (χ4v) is 7.04. The van der Waals surface area contributed by atoms with Crippen LogP contribution in [0.25, 0.3) is 26.5 Å². The number of carbonyl (C=O) groups is 1. The Balaban J connectivity index is 1.35. The van der Waals surface area contributed by atoms with Crippen molar-refractivity contribution < 1.29 is 14.3 Å². The van der Waals surface area contributed by atoms with Crippen molar-refractivity contribution >= 4 is 52.2 Å². The zero-order valence-corrected chi connectivity index (χ0v) is 28.0. The maximum Gasteiger partial charge on any atom is 0.323 e. The molecule has 3 heterocycles. The Morgan fingerprint density at radius 1 is 1.13 bits per heavy atom. The standard InChI is InChI=1S/C34H34ClN7O3S2/c1-39-30-29(22-8-12-26(13-9-22)44-17-18-45-34(43)28(38)5-4-14-36)27(19-37)33(41-31(30)42-15-2-3-16-42)47-21-25-20-46-32(40-25)23-6-10-24(35)11-7-23/h6-13,20,28H,2-5,14-18,21,36,38H2/t28-/m0/s1. The first-order valence-electron chi connectivity index (χ1n) is 15.2. The number of hydrogen-bond acceptors (Lipinski definition) is 11. The van der Waals surface area contributed by atoms with Crippen LogP contribution in [-0.4, -0.2) is 54.8 Å². The van der Waals surface area contributed by atoms with Crippen LogP contribution >= 0.6 is 34.7 Å². The average Bonchev–Trinajstić information content (AvgIpc) is 3.81. The Labute approximate surface area is 287 Å². The van der Waals surface area contributed by atoms with E-state index in [1.807, 2.05) is 41.8 Å². The number of halogens is 1. The number of nitriles is 1. The molecule has 13 heteroatoms. The highest BCUT2D eigenvalue weighted by Crippen LogP contribution is 2.45. The van der Waals surface area contributed by atoms with Crippen LogP contribution in [-0.2, 0) is 15.3 Å². The SMILES string of the molecule is [C-]#[N+]c1c(N2CCCC2)nc(SCc2csc(-c3ccc(Cl)cc3)n2)c(C#N)c1-c1ccc(OCCOC(=O)[C@@H](N)CCCN)cc1. The van der Waals surface area contributed by atoms with E-state index in [0.29, 0.717) is 69.1 Å². The summed E-state index contributed by atoms with van der Waals surface area (Å²) in [4.78, 5) is 27.8. The fraction of sp³-hybridized carbons (Fsp3) is 0.324. The molecule has 1 atom stereocenters. The topological polar surface area (TPSA) is 145 Å². The molecule has 1 aliphatic rings. The zero-order chi connectivity index (χ0) is 33.2. The molecule has 0 aliphatic carbocycles. The van der Waals surface area contributed by atoms with Crippen LogP contribution in [0.15, 0.2) is 58.9 Å². The summed E-state index contributed by atoms with van der Waals surface area (Å²) in [7, 11) is 0. The quantitative estimate of drug-likeness (QED) is 0.0626. The maximum atomic E-state index is 12.0. The van der Waals surface area contributed by atoms with E-state index in [1.54, 1.807) is 23.5 Å². The summed E-state index contributed by atoms with van der Waals surface area (Å²) in [5.41, 5.74) is 15.1. The number of esters is 1. The van der Waals surface area contributed by atoms with Gasteiger partial charge in [0.05, 0.1) is 17.8 Å². The van der Waals surface area contributed by atoms with Crippen molar-refractivity contribution in [2.45, 2.75) is 42.5 Å². The molecule has 2 aromatic heterocycles. The highest BCUT2D eigenvalue weighted by atomic mass is 35.5. The molecule has 4 N–H and O–H groups in total. The molecule has 1 aliphatic heterocycles. The molecule has 0 amide bonds. The number of pyridine rings is 1. The molecular weight excluding hydrogens is 654 g/mol. The number of hydrogen-bond donors (Lipinski definition) is 2. The number of rotatable bonds is 14. The van der Waals surface area contributed by atoms with Gasteiger partial charge in [0, 0.05) is 40.4 Å². The maximum absolute atomic E-state index is 12.0. The lowest BCUT2D eigenvalue weighted by Gasteiger charge is -2.22. The van der Waals surface area contributed by atoms with E-state index in [4.69, 9.17) is 49.1 Å². The van der Waals surface area contributed by atoms with Crippen LogP contribution in [0.5, 0.6) is 5.75 Å². The van der Waals surface area contributed by atoms with E-state index in [-0.39, 0.29) is 13.2 Å². The summed E-state index contributed by atoms with van der Waals surface area (Å²) in [6, 6.07) is 16.4. The first-order valence-corrected chi connectivity index (χ1v) is 17.4. The van der Waals surface area contributed by atoms with Gasteiger partial charge in [-0.15, -0.1) is 11.3 Å². The number of nitrogens with zero attached hydrogens (tertiary/aromatic N) is 5. The van der Waals surface area contributed by atoms with Crippen molar-refractivity contribution in [3.63, 3.8) is 0 Å². The normalized spacial score (nSPS) is 13.2. The van der Waals surface area contributed by atoms with Crippen LogP contribution in [0.3, 0.4) is 0 Å². The number of benzene rings is 2. The van der Waals surface area contributed by atoms with Crippen molar-refractivity contribution in [2.75, 3.05) is 37.7 Å². The molecule has 0 radical (unpaired) electrons.